The van der Waals surface area contributed by atoms with E-state index in [1.807, 2.05) is 30.3 Å². The number of benzene rings is 1. The molecule has 20 heavy (non-hydrogen) atoms. The first-order valence-corrected chi connectivity index (χ1v) is 8.11. The normalized spacial score (nSPS) is 12.4. The van der Waals surface area contributed by atoms with E-state index in [1.165, 1.54) is 0 Å². The highest BCUT2D eigenvalue weighted by Crippen LogP contribution is 2.10. The van der Waals surface area contributed by atoms with E-state index in [0.717, 1.165) is 10.1 Å². The number of carbonyl (C=O) groups excluding carboxylic acids is 1. The third-order valence-corrected chi connectivity index (χ3v) is 4.10. The van der Waals surface area contributed by atoms with E-state index in [4.69, 9.17) is 0 Å². The number of nitrogens with one attached hydrogen (secondary N) is 1. The van der Waals surface area contributed by atoms with Crippen LogP contribution in [-0.2, 0) is 0 Å². The number of rotatable bonds is 5. The Morgan fingerprint density at radius 2 is 2.05 bits per heavy atom. The van der Waals surface area contributed by atoms with Gasteiger partial charge in [-0.25, -0.2) is 4.68 Å². The van der Waals surface area contributed by atoms with E-state index >= 15 is 0 Å². The van der Waals surface area contributed by atoms with Gasteiger partial charge in [0.1, 0.15) is 0 Å². The van der Waals surface area contributed by atoms with Crippen LogP contribution in [0.15, 0.2) is 42.7 Å². The lowest BCUT2D eigenvalue weighted by Crippen LogP contribution is -2.39. The largest absolute Gasteiger partial charge is 0.348 e. The van der Waals surface area contributed by atoms with Gasteiger partial charge in [0.05, 0.1) is 17.4 Å². The molecule has 0 radical (unpaired) electrons. The van der Waals surface area contributed by atoms with Crippen LogP contribution in [0.4, 0.5) is 0 Å². The molecule has 1 N–H and O–H groups in total. The van der Waals surface area contributed by atoms with Gasteiger partial charge in [-0.15, -0.1) is 0 Å². The molecule has 0 bridgehead atoms. The zero-order valence-electron chi connectivity index (χ0n) is 11.6. The fraction of sp³-hybridized carbons (Fsp3) is 0.333. The molecule has 2 aromatic rings. The number of aromatic nitrogens is 2. The minimum atomic E-state index is -0.0671. The van der Waals surface area contributed by atoms with E-state index in [9.17, 15) is 4.79 Å². The molecule has 1 atom stereocenters. The lowest BCUT2D eigenvalue weighted by atomic mass is 10.1. The van der Waals surface area contributed by atoms with Gasteiger partial charge in [0.25, 0.3) is 5.91 Å². The van der Waals surface area contributed by atoms with Crippen molar-refractivity contribution in [2.75, 3.05) is 4.43 Å². The second-order valence-electron chi connectivity index (χ2n) is 4.99. The Morgan fingerprint density at radius 3 is 2.65 bits per heavy atom. The van der Waals surface area contributed by atoms with Crippen molar-refractivity contribution in [2.24, 2.45) is 5.92 Å². The average molecular weight is 383 g/mol. The third-order valence-electron chi connectivity index (χ3n) is 3.15. The van der Waals surface area contributed by atoms with E-state index in [2.05, 4.69) is 46.9 Å². The molecule has 2 rings (SSSR count). The number of nitrogens with zero attached hydrogens (tertiary/aromatic N) is 2. The fourth-order valence-electron chi connectivity index (χ4n) is 1.80. The average Bonchev–Trinajstić information content (AvgIpc) is 2.95. The minimum Gasteiger partial charge on any atom is -0.348 e. The molecule has 0 saturated heterocycles. The Balaban J connectivity index is 2.11. The predicted octanol–water partition coefficient (Wildman–Crippen LogP) is 3.06. The lowest BCUT2D eigenvalue weighted by molar-refractivity contribution is 0.0932. The maximum absolute atomic E-state index is 12.2. The summed E-state index contributed by atoms with van der Waals surface area (Å²) in [5.74, 6) is 0.350. The molecule has 0 aliphatic rings. The van der Waals surface area contributed by atoms with E-state index < -0.39 is 0 Å². The van der Waals surface area contributed by atoms with E-state index in [1.54, 1.807) is 17.1 Å². The number of amides is 1. The summed E-state index contributed by atoms with van der Waals surface area (Å²) in [6.07, 6.45) is 3.36. The molecule has 0 aliphatic carbocycles. The second kappa shape index (κ2) is 6.88. The van der Waals surface area contributed by atoms with Crippen LogP contribution in [0, 0.1) is 5.92 Å². The van der Waals surface area contributed by atoms with Crippen molar-refractivity contribution in [3.63, 3.8) is 0 Å². The molecule has 0 aliphatic heterocycles. The number of carbonyl (C=O) groups is 1. The van der Waals surface area contributed by atoms with Crippen molar-refractivity contribution in [1.82, 2.24) is 15.1 Å². The second-order valence-corrected chi connectivity index (χ2v) is 5.87. The Kier molecular flexibility index (Phi) is 5.17. The van der Waals surface area contributed by atoms with Gasteiger partial charge in [0.2, 0.25) is 0 Å². The van der Waals surface area contributed by atoms with E-state index in [0.29, 0.717) is 11.5 Å². The van der Waals surface area contributed by atoms with Crippen molar-refractivity contribution in [3.8, 4) is 5.69 Å². The first-order valence-electron chi connectivity index (χ1n) is 6.58. The van der Waals surface area contributed by atoms with Crippen LogP contribution < -0.4 is 5.32 Å². The van der Waals surface area contributed by atoms with Crippen LogP contribution in [0.2, 0.25) is 0 Å². The maximum atomic E-state index is 12.2. The van der Waals surface area contributed by atoms with Gasteiger partial charge in [-0.05, 0) is 18.1 Å². The van der Waals surface area contributed by atoms with Gasteiger partial charge in [-0.3, -0.25) is 4.79 Å². The summed E-state index contributed by atoms with van der Waals surface area (Å²) in [7, 11) is 0. The maximum Gasteiger partial charge on any atom is 0.254 e. The lowest BCUT2D eigenvalue weighted by Gasteiger charge is -2.19. The Morgan fingerprint density at radius 1 is 1.35 bits per heavy atom. The smallest absolute Gasteiger partial charge is 0.254 e. The molecule has 1 heterocycles. The monoisotopic (exact) mass is 383 g/mol. The molecule has 4 nitrogen and oxygen atoms in total. The number of hydrogen-bond donors (Lipinski definition) is 1. The summed E-state index contributed by atoms with van der Waals surface area (Å²) in [6.45, 7) is 4.22. The van der Waals surface area contributed by atoms with Gasteiger partial charge in [-0.2, -0.15) is 5.10 Å². The molecular formula is C15H18IN3O. The first-order chi connectivity index (χ1) is 9.61. The molecule has 5 heteroatoms. The summed E-state index contributed by atoms with van der Waals surface area (Å²) in [6, 6.07) is 9.94. The molecule has 1 unspecified atom stereocenters. The van der Waals surface area contributed by atoms with Crippen LogP contribution in [0.5, 0.6) is 0 Å². The van der Waals surface area contributed by atoms with Gasteiger partial charge < -0.3 is 5.32 Å². The summed E-state index contributed by atoms with van der Waals surface area (Å²) >= 11 is 2.30. The Bertz CT molecular complexity index is 566. The molecule has 0 fully saturated rings. The minimum absolute atomic E-state index is 0.0671. The molecule has 1 amide bonds. The van der Waals surface area contributed by atoms with E-state index in [-0.39, 0.29) is 11.9 Å². The Labute approximate surface area is 132 Å². The molecule has 1 aromatic heterocycles. The summed E-state index contributed by atoms with van der Waals surface area (Å²) in [4.78, 5) is 12.2. The molecule has 106 valence electrons. The highest BCUT2D eigenvalue weighted by Gasteiger charge is 2.17. The molecule has 1 aromatic carbocycles. The van der Waals surface area contributed by atoms with Gasteiger partial charge >= 0.3 is 0 Å². The summed E-state index contributed by atoms with van der Waals surface area (Å²) < 4.78 is 2.61. The third kappa shape index (κ3) is 3.59. The van der Waals surface area contributed by atoms with Gasteiger partial charge in [-0.1, -0.05) is 54.6 Å². The number of alkyl halides is 1. The van der Waals surface area contributed by atoms with Crippen LogP contribution in [0.3, 0.4) is 0 Å². The number of hydrogen-bond acceptors (Lipinski definition) is 2. The quantitative estimate of drug-likeness (QED) is 0.637. The summed E-state index contributed by atoms with van der Waals surface area (Å²) in [5, 5.41) is 7.29. The molecule has 0 spiro atoms. The Hall–Kier alpha value is -1.37. The van der Waals surface area contributed by atoms with Crippen LogP contribution >= 0.6 is 22.6 Å². The highest BCUT2D eigenvalue weighted by atomic mass is 127. The fourth-order valence-corrected chi connectivity index (χ4v) is 3.03. The van der Waals surface area contributed by atoms with Crippen molar-refractivity contribution in [3.05, 3.63) is 48.3 Å². The molecular weight excluding hydrogens is 365 g/mol. The zero-order chi connectivity index (χ0) is 14.5. The first kappa shape index (κ1) is 15.0. The topological polar surface area (TPSA) is 46.9 Å². The van der Waals surface area contributed by atoms with Crippen molar-refractivity contribution in [1.29, 1.82) is 0 Å². The van der Waals surface area contributed by atoms with Crippen molar-refractivity contribution >= 4 is 28.5 Å². The van der Waals surface area contributed by atoms with Crippen LogP contribution in [0.1, 0.15) is 24.2 Å². The van der Waals surface area contributed by atoms with Gasteiger partial charge in [0.15, 0.2) is 0 Å². The summed E-state index contributed by atoms with van der Waals surface area (Å²) in [5.41, 5.74) is 1.53. The van der Waals surface area contributed by atoms with Crippen LogP contribution in [-0.4, -0.2) is 26.2 Å². The highest BCUT2D eigenvalue weighted by molar-refractivity contribution is 14.1. The number of halogens is 1. The molecule has 0 saturated carbocycles. The van der Waals surface area contributed by atoms with Crippen molar-refractivity contribution in [2.45, 2.75) is 19.9 Å². The zero-order valence-corrected chi connectivity index (χ0v) is 13.7. The van der Waals surface area contributed by atoms with Gasteiger partial charge in [0, 0.05) is 16.7 Å². The van der Waals surface area contributed by atoms with Crippen molar-refractivity contribution < 1.29 is 4.79 Å². The predicted molar refractivity (Wildman–Crippen MR) is 88.5 cm³/mol. The SMILES string of the molecule is CC(C)C(CI)NC(=O)c1cnn(-c2ccccc2)c1. The van der Waals surface area contributed by atoms with Crippen LogP contribution in [0.25, 0.3) is 5.69 Å². The number of para-hydroxylation sites is 1. The standard InChI is InChI=1S/C15H18IN3O/c1-11(2)14(8-16)18-15(20)12-9-17-19(10-12)13-6-4-3-5-7-13/h3-7,9-11,14H,8H2,1-2H3,(H,18,20).